The second-order valence-corrected chi connectivity index (χ2v) is 5.29. The Morgan fingerprint density at radius 3 is 2.08 bits per heavy atom. The molecule has 13 heavy (non-hydrogen) atoms. The molecule has 1 aromatic carbocycles. The van der Waals surface area contributed by atoms with Crippen LogP contribution in [0.2, 0.25) is 0 Å². The SMILES string of the molecule is [CH2]CSc1ccc(C(C)(C)C)cc1. The maximum atomic E-state index is 3.82. The quantitative estimate of drug-likeness (QED) is 0.642. The van der Waals surface area contributed by atoms with Gasteiger partial charge < -0.3 is 0 Å². The Morgan fingerprint density at radius 2 is 1.69 bits per heavy atom. The molecule has 0 aliphatic heterocycles. The van der Waals surface area contributed by atoms with Gasteiger partial charge in [-0.15, -0.1) is 11.8 Å². The van der Waals surface area contributed by atoms with Gasteiger partial charge in [-0.1, -0.05) is 32.9 Å². The lowest BCUT2D eigenvalue weighted by Crippen LogP contribution is -2.10. The monoisotopic (exact) mass is 193 g/mol. The van der Waals surface area contributed by atoms with Gasteiger partial charge in [0.2, 0.25) is 0 Å². The van der Waals surface area contributed by atoms with Gasteiger partial charge in [-0.2, -0.15) is 0 Å². The molecule has 0 saturated heterocycles. The van der Waals surface area contributed by atoms with Crippen molar-refractivity contribution in [3.8, 4) is 0 Å². The van der Waals surface area contributed by atoms with Crippen LogP contribution >= 0.6 is 11.8 Å². The topological polar surface area (TPSA) is 0 Å². The lowest BCUT2D eigenvalue weighted by Gasteiger charge is -2.18. The first-order chi connectivity index (χ1) is 6.04. The number of hydrogen-bond acceptors (Lipinski definition) is 1. The maximum absolute atomic E-state index is 3.82. The summed E-state index contributed by atoms with van der Waals surface area (Å²) >= 11 is 1.78. The molecule has 1 radical (unpaired) electrons. The molecular formula is C12H17S. The van der Waals surface area contributed by atoms with E-state index in [1.54, 1.807) is 11.8 Å². The molecule has 71 valence electrons. The second-order valence-electron chi connectivity index (χ2n) is 4.12. The highest BCUT2D eigenvalue weighted by Crippen LogP contribution is 2.25. The zero-order chi connectivity index (χ0) is 9.90. The van der Waals surface area contributed by atoms with E-state index >= 15 is 0 Å². The van der Waals surface area contributed by atoms with Crippen LogP contribution in [-0.2, 0) is 5.41 Å². The predicted octanol–water partition coefficient (Wildman–Crippen LogP) is 3.91. The zero-order valence-electron chi connectivity index (χ0n) is 8.63. The largest absolute Gasteiger partial charge is 0.126 e. The van der Waals surface area contributed by atoms with Gasteiger partial charge in [0.25, 0.3) is 0 Å². The summed E-state index contributed by atoms with van der Waals surface area (Å²) < 4.78 is 0. The van der Waals surface area contributed by atoms with E-state index in [4.69, 9.17) is 0 Å². The van der Waals surface area contributed by atoms with Gasteiger partial charge in [-0.3, -0.25) is 0 Å². The Hall–Kier alpha value is -0.430. The molecule has 0 fully saturated rings. The molecule has 0 aromatic heterocycles. The van der Waals surface area contributed by atoms with Crippen molar-refractivity contribution in [2.75, 3.05) is 5.75 Å². The van der Waals surface area contributed by atoms with Crippen LogP contribution in [0.5, 0.6) is 0 Å². The molecule has 0 bridgehead atoms. The van der Waals surface area contributed by atoms with Crippen LogP contribution in [-0.4, -0.2) is 5.75 Å². The van der Waals surface area contributed by atoms with Crippen molar-refractivity contribution in [2.45, 2.75) is 31.1 Å². The predicted molar refractivity (Wildman–Crippen MR) is 61.2 cm³/mol. The Morgan fingerprint density at radius 1 is 1.15 bits per heavy atom. The minimum absolute atomic E-state index is 0.258. The van der Waals surface area contributed by atoms with Gasteiger partial charge >= 0.3 is 0 Å². The van der Waals surface area contributed by atoms with Crippen LogP contribution in [0.25, 0.3) is 0 Å². The van der Waals surface area contributed by atoms with E-state index in [-0.39, 0.29) is 5.41 Å². The highest BCUT2D eigenvalue weighted by Gasteiger charge is 2.12. The molecule has 0 saturated carbocycles. The molecule has 0 unspecified atom stereocenters. The average molecular weight is 193 g/mol. The van der Waals surface area contributed by atoms with Gasteiger partial charge in [0, 0.05) is 4.90 Å². The number of hydrogen-bond donors (Lipinski definition) is 0. The molecule has 0 atom stereocenters. The van der Waals surface area contributed by atoms with E-state index < -0.39 is 0 Å². The first-order valence-corrected chi connectivity index (χ1v) is 5.55. The molecule has 0 amide bonds. The normalized spacial score (nSPS) is 11.7. The molecule has 0 aliphatic carbocycles. The molecule has 0 heterocycles. The van der Waals surface area contributed by atoms with Gasteiger partial charge in [0.05, 0.1) is 0 Å². The van der Waals surface area contributed by atoms with Crippen molar-refractivity contribution in [1.82, 2.24) is 0 Å². The standard InChI is InChI=1S/C12H17S/c1-5-13-11-8-6-10(7-9-11)12(2,3)4/h6-9H,1,5H2,2-4H3. The van der Waals surface area contributed by atoms with E-state index in [0.717, 1.165) is 5.75 Å². The molecule has 0 N–H and O–H groups in total. The molecule has 0 aliphatic rings. The summed E-state index contributed by atoms with van der Waals surface area (Å²) in [7, 11) is 0. The minimum atomic E-state index is 0.258. The van der Waals surface area contributed by atoms with Gasteiger partial charge in [0.1, 0.15) is 0 Å². The van der Waals surface area contributed by atoms with E-state index in [9.17, 15) is 0 Å². The van der Waals surface area contributed by atoms with Crippen LogP contribution < -0.4 is 0 Å². The van der Waals surface area contributed by atoms with Gasteiger partial charge in [-0.25, -0.2) is 0 Å². The highest BCUT2D eigenvalue weighted by atomic mass is 32.2. The molecule has 1 aromatic rings. The van der Waals surface area contributed by atoms with E-state index in [1.807, 2.05) is 0 Å². The fourth-order valence-electron chi connectivity index (χ4n) is 1.17. The Bertz CT molecular complexity index is 253. The van der Waals surface area contributed by atoms with Crippen LogP contribution in [0, 0.1) is 6.92 Å². The van der Waals surface area contributed by atoms with Gasteiger partial charge in [0.15, 0.2) is 0 Å². The first-order valence-electron chi connectivity index (χ1n) is 4.56. The molecule has 1 heteroatoms. The third-order valence-electron chi connectivity index (χ3n) is 1.99. The van der Waals surface area contributed by atoms with Crippen molar-refractivity contribution in [3.05, 3.63) is 36.8 Å². The Balaban J connectivity index is 2.81. The summed E-state index contributed by atoms with van der Waals surface area (Å²) in [5, 5.41) is 0. The van der Waals surface area contributed by atoms with E-state index in [1.165, 1.54) is 10.5 Å². The van der Waals surface area contributed by atoms with E-state index in [2.05, 4.69) is 52.0 Å². The van der Waals surface area contributed by atoms with Gasteiger partial charge in [-0.05, 0) is 35.8 Å². The zero-order valence-corrected chi connectivity index (χ0v) is 9.45. The number of rotatable bonds is 2. The van der Waals surface area contributed by atoms with Crippen LogP contribution in [0.1, 0.15) is 26.3 Å². The molecule has 0 nitrogen and oxygen atoms in total. The van der Waals surface area contributed by atoms with Crippen molar-refractivity contribution < 1.29 is 0 Å². The third-order valence-corrected chi connectivity index (χ3v) is 2.80. The third kappa shape index (κ3) is 3.07. The fraction of sp³-hybridized carbons (Fsp3) is 0.417. The van der Waals surface area contributed by atoms with Crippen molar-refractivity contribution in [3.63, 3.8) is 0 Å². The number of thioether (sulfide) groups is 1. The van der Waals surface area contributed by atoms with Crippen LogP contribution in [0.3, 0.4) is 0 Å². The van der Waals surface area contributed by atoms with Crippen molar-refractivity contribution in [2.24, 2.45) is 0 Å². The second kappa shape index (κ2) is 4.19. The summed E-state index contributed by atoms with van der Waals surface area (Å²) in [5.74, 6) is 0.898. The lowest BCUT2D eigenvalue weighted by atomic mass is 9.87. The lowest BCUT2D eigenvalue weighted by molar-refractivity contribution is 0.590. The van der Waals surface area contributed by atoms with Crippen molar-refractivity contribution >= 4 is 11.8 Å². The number of benzene rings is 1. The van der Waals surface area contributed by atoms with Crippen molar-refractivity contribution in [1.29, 1.82) is 0 Å². The maximum Gasteiger partial charge on any atom is 0.00721 e. The summed E-state index contributed by atoms with van der Waals surface area (Å²) in [4.78, 5) is 1.31. The van der Waals surface area contributed by atoms with Crippen LogP contribution in [0.4, 0.5) is 0 Å². The summed E-state index contributed by atoms with van der Waals surface area (Å²) in [6.45, 7) is 10.5. The van der Waals surface area contributed by atoms with Crippen LogP contribution in [0.15, 0.2) is 29.2 Å². The Kier molecular flexibility index (Phi) is 3.43. The summed E-state index contributed by atoms with van der Waals surface area (Å²) in [6, 6.07) is 8.77. The first kappa shape index (κ1) is 10.6. The highest BCUT2D eigenvalue weighted by molar-refractivity contribution is 7.99. The molecular weight excluding hydrogens is 176 g/mol. The Labute approximate surface area is 85.7 Å². The summed E-state index contributed by atoms with van der Waals surface area (Å²) in [5.41, 5.74) is 1.65. The molecule has 1 rings (SSSR count). The summed E-state index contributed by atoms with van der Waals surface area (Å²) in [6.07, 6.45) is 0. The fourth-order valence-corrected chi connectivity index (χ4v) is 1.73. The van der Waals surface area contributed by atoms with E-state index in [0.29, 0.717) is 0 Å². The minimum Gasteiger partial charge on any atom is -0.126 e. The average Bonchev–Trinajstić information content (AvgIpc) is 2.04. The smallest absolute Gasteiger partial charge is 0.00721 e. The molecule has 0 spiro atoms.